The molecule has 1 atom stereocenters. The highest BCUT2D eigenvalue weighted by Crippen LogP contribution is 2.26. The van der Waals surface area contributed by atoms with E-state index in [-0.39, 0.29) is 18.7 Å². The first kappa shape index (κ1) is 26.6. The summed E-state index contributed by atoms with van der Waals surface area (Å²) in [6.45, 7) is 1.88. The van der Waals surface area contributed by atoms with Crippen LogP contribution < -0.4 is 10.0 Å². The third-order valence-corrected chi connectivity index (χ3v) is 6.12. The van der Waals surface area contributed by atoms with Crippen LogP contribution in [-0.4, -0.2) is 76.3 Å². The third-order valence-electron chi connectivity index (χ3n) is 5.50. The predicted molar refractivity (Wildman–Crippen MR) is 133 cm³/mol. The largest absolute Gasteiger partial charge is 0.351 e. The zero-order chi connectivity index (χ0) is 25.4. The van der Waals surface area contributed by atoms with Crippen molar-refractivity contribution in [3.8, 4) is 5.69 Å². The molecule has 0 aliphatic carbocycles. The highest BCUT2D eigenvalue weighted by atomic mass is 32.2. The maximum Gasteiger partial charge on any atom is 0.251 e. The van der Waals surface area contributed by atoms with Crippen LogP contribution in [0.25, 0.3) is 16.7 Å². The van der Waals surface area contributed by atoms with Gasteiger partial charge >= 0.3 is 0 Å². The predicted octanol–water partition coefficient (Wildman–Crippen LogP) is 2.80. The molecule has 188 valence electrons. The SMILES string of the molecule is CN1CCC(F)(F)CC1.CS(=O)NCCNC(=O)c1cccc(-n2ccc3cc(C=O)cnc32)c1. The summed E-state index contributed by atoms with van der Waals surface area (Å²) in [5, 5.41) is 3.63. The van der Waals surface area contributed by atoms with E-state index in [9.17, 15) is 22.6 Å². The van der Waals surface area contributed by atoms with Crippen LogP contribution in [0.1, 0.15) is 33.6 Å². The molecule has 1 aliphatic heterocycles. The van der Waals surface area contributed by atoms with Gasteiger partial charge in [-0.05, 0) is 37.4 Å². The molecule has 1 aliphatic rings. The number of aromatic nitrogens is 2. The molecule has 3 aromatic rings. The molecule has 11 heteroatoms. The molecule has 1 amide bonds. The van der Waals surface area contributed by atoms with Crippen molar-refractivity contribution >= 4 is 34.2 Å². The number of fused-ring (bicyclic) bond motifs is 1. The average molecular weight is 506 g/mol. The number of pyridine rings is 1. The molecule has 2 aromatic heterocycles. The fourth-order valence-electron chi connectivity index (χ4n) is 3.53. The number of halogens is 2. The van der Waals surface area contributed by atoms with Crippen molar-refractivity contribution in [2.75, 3.05) is 39.5 Å². The third kappa shape index (κ3) is 7.74. The lowest BCUT2D eigenvalue weighted by atomic mass is 10.1. The van der Waals surface area contributed by atoms with Crippen LogP contribution in [0.5, 0.6) is 0 Å². The fraction of sp³-hybridized carbons (Fsp3) is 0.375. The lowest BCUT2D eigenvalue weighted by molar-refractivity contribution is -0.0504. The van der Waals surface area contributed by atoms with Crippen LogP contribution in [0.3, 0.4) is 0 Å². The van der Waals surface area contributed by atoms with Crippen LogP contribution in [0.4, 0.5) is 8.78 Å². The zero-order valence-corrected chi connectivity index (χ0v) is 20.5. The van der Waals surface area contributed by atoms with Gasteiger partial charge in [0.2, 0.25) is 0 Å². The van der Waals surface area contributed by atoms with Crippen LogP contribution >= 0.6 is 0 Å². The molecular formula is C24H29F2N5O3S. The summed E-state index contributed by atoms with van der Waals surface area (Å²) in [6, 6.07) is 10.8. The Balaban J connectivity index is 0.000000320. The van der Waals surface area contributed by atoms with Gasteiger partial charge in [-0.3, -0.25) is 9.59 Å². The normalized spacial score (nSPS) is 16.2. The minimum Gasteiger partial charge on any atom is -0.351 e. The van der Waals surface area contributed by atoms with Gasteiger partial charge in [-0.2, -0.15) is 0 Å². The number of benzene rings is 1. The Bertz CT molecular complexity index is 1190. The van der Waals surface area contributed by atoms with Gasteiger partial charge in [0, 0.05) is 79.9 Å². The fourth-order valence-corrected chi connectivity index (χ4v) is 3.92. The maximum absolute atomic E-state index is 12.4. The molecular weight excluding hydrogens is 476 g/mol. The molecule has 0 radical (unpaired) electrons. The Labute approximate surface area is 205 Å². The topological polar surface area (TPSA) is 96.3 Å². The smallest absolute Gasteiger partial charge is 0.251 e. The Morgan fingerprint density at radius 2 is 1.94 bits per heavy atom. The van der Waals surface area contributed by atoms with Crippen molar-refractivity contribution in [1.29, 1.82) is 0 Å². The van der Waals surface area contributed by atoms with Crippen molar-refractivity contribution in [3.05, 3.63) is 59.9 Å². The molecule has 4 rings (SSSR count). The average Bonchev–Trinajstić information content (AvgIpc) is 3.27. The number of likely N-dealkylation sites (tertiary alicyclic amines) is 1. The number of hydrogen-bond donors (Lipinski definition) is 2. The number of nitrogens with one attached hydrogen (secondary N) is 2. The van der Waals surface area contributed by atoms with E-state index in [0.717, 1.165) is 17.4 Å². The van der Waals surface area contributed by atoms with Gasteiger partial charge in [0.1, 0.15) is 5.65 Å². The zero-order valence-electron chi connectivity index (χ0n) is 19.7. The Morgan fingerprint density at radius 1 is 1.20 bits per heavy atom. The van der Waals surface area contributed by atoms with Crippen LogP contribution in [-0.2, 0) is 11.0 Å². The lowest BCUT2D eigenvalue weighted by Gasteiger charge is -2.28. The molecule has 1 fully saturated rings. The molecule has 0 spiro atoms. The number of piperidine rings is 1. The monoisotopic (exact) mass is 505 g/mol. The molecule has 1 saturated heterocycles. The molecule has 0 bridgehead atoms. The first-order chi connectivity index (χ1) is 16.7. The van der Waals surface area contributed by atoms with Gasteiger partial charge in [0.25, 0.3) is 11.8 Å². The summed E-state index contributed by atoms with van der Waals surface area (Å²) >= 11 is 0. The Morgan fingerprint density at radius 3 is 2.60 bits per heavy atom. The van der Waals surface area contributed by atoms with Gasteiger partial charge < -0.3 is 14.8 Å². The molecule has 1 unspecified atom stereocenters. The standard InChI is InChI=1S/C18H18N4O3S.C6H11F2N/c1-26(25)21-7-6-19-18(24)15-3-2-4-16(10-15)22-8-5-14-9-13(12-23)11-20-17(14)22;1-9-4-2-6(7,8)3-5-9/h2-5,8-12,21H,6-7H2,1H3,(H,19,24);2-5H2,1H3. The van der Waals surface area contributed by atoms with Gasteiger partial charge in [-0.15, -0.1) is 0 Å². The first-order valence-corrected chi connectivity index (χ1v) is 12.7. The van der Waals surface area contributed by atoms with E-state index in [0.29, 0.717) is 43.0 Å². The van der Waals surface area contributed by atoms with Crippen molar-refractivity contribution in [1.82, 2.24) is 24.5 Å². The number of aldehydes is 1. The Kier molecular flexibility index (Phi) is 9.19. The van der Waals surface area contributed by atoms with Gasteiger partial charge in [0.05, 0.1) is 11.0 Å². The van der Waals surface area contributed by atoms with E-state index in [2.05, 4.69) is 15.0 Å². The van der Waals surface area contributed by atoms with Gasteiger partial charge in [-0.1, -0.05) is 6.07 Å². The highest BCUT2D eigenvalue weighted by molar-refractivity contribution is 7.82. The second kappa shape index (κ2) is 12.1. The summed E-state index contributed by atoms with van der Waals surface area (Å²) in [5.41, 5.74) is 2.55. The summed E-state index contributed by atoms with van der Waals surface area (Å²) in [7, 11) is 0.772. The molecule has 35 heavy (non-hydrogen) atoms. The van der Waals surface area contributed by atoms with E-state index in [1.165, 1.54) is 6.20 Å². The number of nitrogens with zero attached hydrogens (tertiary/aromatic N) is 3. The van der Waals surface area contributed by atoms with E-state index in [4.69, 9.17) is 0 Å². The van der Waals surface area contributed by atoms with E-state index in [1.807, 2.05) is 34.8 Å². The minimum atomic E-state index is -2.38. The molecule has 8 nitrogen and oxygen atoms in total. The minimum absolute atomic E-state index is 0.0312. The number of amides is 1. The van der Waals surface area contributed by atoms with Gasteiger partial charge in [-0.25, -0.2) is 22.7 Å². The summed E-state index contributed by atoms with van der Waals surface area (Å²) in [6.07, 6.45) is 5.74. The summed E-state index contributed by atoms with van der Waals surface area (Å²) in [4.78, 5) is 29.4. The van der Waals surface area contributed by atoms with Crippen molar-refractivity contribution in [2.45, 2.75) is 18.8 Å². The van der Waals surface area contributed by atoms with E-state index >= 15 is 0 Å². The Hall–Kier alpha value is -3.02. The van der Waals surface area contributed by atoms with Crippen molar-refractivity contribution in [2.24, 2.45) is 0 Å². The number of carbonyl (C=O) groups is 2. The number of hydrogen-bond acceptors (Lipinski definition) is 5. The van der Waals surface area contributed by atoms with Crippen molar-refractivity contribution < 1.29 is 22.6 Å². The van der Waals surface area contributed by atoms with Crippen LogP contribution in [0.2, 0.25) is 0 Å². The van der Waals surface area contributed by atoms with Crippen LogP contribution in [0.15, 0.2) is 48.8 Å². The number of carbonyl (C=O) groups excluding carboxylic acids is 2. The molecule has 0 saturated carbocycles. The maximum atomic E-state index is 12.4. The number of alkyl halides is 2. The second-order valence-corrected chi connectivity index (χ2v) is 9.50. The highest BCUT2D eigenvalue weighted by Gasteiger charge is 2.32. The van der Waals surface area contributed by atoms with Crippen molar-refractivity contribution in [3.63, 3.8) is 0 Å². The van der Waals surface area contributed by atoms with Crippen LogP contribution in [0, 0.1) is 0 Å². The number of rotatable bonds is 7. The summed E-state index contributed by atoms with van der Waals surface area (Å²) in [5.74, 6) is -2.59. The van der Waals surface area contributed by atoms with Gasteiger partial charge in [0.15, 0.2) is 6.29 Å². The molecule has 2 N–H and O–H groups in total. The van der Waals surface area contributed by atoms with E-state index in [1.54, 1.807) is 30.5 Å². The van der Waals surface area contributed by atoms with E-state index < -0.39 is 16.9 Å². The first-order valence-electron chi connectivity index (χ1n) is 11.1. The lowest BCUT2D eigenvalue weighted by Crippen LogP contribution is -2.36. The second-order valence-electron chi connectivity index (χ2n) is 8.30. The molecule has 3 heterocycles. The quantitative estimate of drug-likeness (QED) is 0.380. The summed E-state index contributed by atoms with van der Waals surface area (Å²) < 4.78 is 40.2. The molecule has 1 aromatic carbocycles.